The first-order chi connectivity index (χ1) is 8.13. The highest BCUT2D eigenvalue weighted by molar-refractivity contribution is 7.89. The number of nitrogens with one attached hydrogen (secondary N) is 2. The van der Waals surface area contributed by atoms with Gasteiger partial charge in [0.15, 0.2) is 5.03 Å². The molecule has 2 atom stereocenters. The van der Waals surface area contributed by atoms with Crippen molar-refractivity contribution in [1.82, 2.24) is 14.9 Å². The van der Waals surface area contributed by atoms with Gasteiger partial charge in [-0.25, -0.2) is 13.1 Å². The lowest BCUT2D eigenvalue weighted by molar-refractivity contribution is 0.0884. The summed E-state index contributed by atoms with van der Waals surface area (Å²) in [5.41, 5.74) is 0. The third kappa shape index (κ3) is 2.85. The van der Waals surface area contributed by atoms with Crippen molar-refractivity contribution in [3.8, 4) is 0 Å². The van der Waals surface area contributed by atoms with Crippen molar-refractivity contribution in [3.05, 3.63) is 12.3 Å². The van der Waals surface area contributed by atoms with E-state index < -0.39 is 10.0 Å². The van der Waals surface area contributed by atoms with Gasteiger partial charge in [0.25, 0.3) is 10.0 Å². The van der Waals surface area contributed by atoms with Gasteiger partial charge < -0.3 is 4.74 Å². The molecule has 2 rings (SSSR count). The minimum absolute atomic E-state index is 0.101. The molecule has 1 aliphatic heterocycles. The summed E-state index contributed by atoms with van der Waals surface area (Å²) in [4.78, 5) is 0. The van der Waals surface area contributed by atoms with Gasteiger partial charge in [0.1, 0.15) is 0 Å². The van der Waals surface area contributed by atoms with Gasteiger partial charge in [0, 0.05) is 19.1 Å². The summed E-state index contributed by atoms with van der Waals surface area (Å²) < 4.78 is 31.7. The maximum Gasteiger partial charge on any atom is 0.257 e. The average Bonchev–Trinajstić information content (AvgIpc) is 2.97. The van der Waals surface area contributed by atoms with Gasteiger partial charge in [0.05, 0.1) is 12.3 Å². The van der Waals surface area contributed by atoms with Crippen LogP contribution in [0, 0.1) is 5.92 Å². The molecule has 2 unspecified atom stereocenters. The zero-order valence-electron chi connectivity index (χ0n) is 9.72. The zero-order valence-corrected chi connectivity index (χ0v) is 10.5. The van der Waals surface area contributed by atoms with Gasteiger partial charge in [0.2, 0.25) is 0 Å². The molecule has 17 heavy (non-hydrogen) atoms. The normalized spacial score (nSPS) is 25.2. The quantitative estimate of drug-likeness (QED) is 0.806. The van der Waals surface area contributed by atoms with Crippen molar-refractivity contribution in [2.75, 3.05) is 13.2 Å². The Bertz CT molecular complexity index is 443. The molecule has 1 aromatic rings. The molecule has 6 nitrogen and oxygen atoms in total. The highest BCUT2D eigenvalue weighted by atomic mass is 32.2. The van der Waals surface area contributed by atoms with E-state index in [-0.39, 0.29) is 17.0 Å². The molecule has 96 valence electrons. The van der Waals surface area contributed by atoms with E-state index in [1.807, 2.05) is 6.92 Å². The smallest absolute Gasteiger partial charge is 0.257 e. The van der Waals surface area contributed by atoms with Crippen molar-refractivity contribution in [1.29, 1.82) is 0 Å². The average molecular weight is 259 g/mol. The van der Waals surface area contributed by atoms with E-state index in [1.54, 1.807) is 0 Å². The third-order valence-electron chi connectivity index (χ3n) is 3.05. The van der Waals surface area contributed by atoms with Crippen molar-refractivity contribution in [2.45, 2.75) is 30.9 Å². The number of aromatic amines is 1. The molecule has 1 saturated heterocycles. The minimum atomic E-state index is -3.46. The number of sulfonamides is 1. The Morgan fingerprint density at radius 1 is 1.65 bits per heavy atom. The highest BCUT2D eigenvalue weighted by Crippen LogP contribution is 2.22. The van der Waals surface area contributed by atoms with Gasteiger partial charge >= 0.3 is 0 Å². The van der Waals surface area contributed by atoms with Crippen LogP contribution >= 0.6 is 0 Å². The predicted molar refractivity (Wildman–Crippen MR) is 61.9 cm³/mol. The monoisotopic (exact) mass is 259 g/mol. The van der Waals surface area contributed by atoms with Crippen LogP contribution < -0.4 is 4.72 Å². The van der Waals surface area contributed by atoms with Gasteiger partial charge in [-0.1, -0.05) is 6.92 Å². The predicted octanol–water partition coefficient (Wildman–Crippen LogP) is 0.503. The molecule has 1 fully saturated rings. The molecule has 0 bridgehead atoms. The SMILES string of the molecule is CCC1OCCC1CNS(=O)(=O)c1ccn[nH]1. The van der Waals surface area contributed by atoms with Crippen molar-refractivity contribution in [3.63, 3.8) is 0 Å². The molecule has 0 spiro atoms. The van der Waals surface area contributed by atoms with Crippen LogP contribution in [0.1, 0.15) is 19.8 Å². The number of hydrogen-bond acceptors (Lipinski definition) is 4. The van der Waals surface area contributed by atoms with E-state index >= 15 is 0 Å². The molecule has 7 heteroatoms. The molecule has 1 aromatic heterocycles. The first kappa shape index (κ1) is 12.5. The summed E-state index contributed by atoms with van der Waals surface area (Å²) in [7, 11) is -3.46. The second-order valence-corrected chi connectivity index (χ2v) is 5.87. The Labute approximate surface area is 101 Å². The summed E-state index contributed by atoms with van der Waals surface area (Å²) in [6, 6.07) is 1.44. The van der Waals surface area contributed by atoms with Crippen LogP contribution in [0.3, 0.4) is 0 Å². The lowest BCUT2D eigenvalue weighted by Gasteiger charge is -2.16. The Balaban J connectivity index is 1.94. The second-order valence-electron chi connectivity index (χ2n) is 4.14. The molecule has 0 aromatic carbocycles. The topological polar surface area (TPSA) is 84.1 Å². The van der Waals surface area contributed by atoms with Crippen LogP contribution in [0.4, 0.5) is 0 Å². The summed E-state index contributed by atoms with van der Waals surface area (Å²) in [6.07, 6.45) is 3.40. The third-order valence-corrected chi connectivity index (χ3v) is 4.40. The zero-order chi connectivity index (χ0) is 12.3. The van der Waals surface area contributed by atoms with E-state index in [2.05, 4.69) is 14.9 Å². The molecule has 0 aliphatic carbocycles. The minimum Gasteiger partial charge on any atom is -0.378 e. The maximum absolute atomic E-state index is 11.8. The summed E-state index contributed by atoms with van der Waals surface area (Å²) in [6.45, 7) is 3.18. The summed E-state index contributed by atoms with van der Waals surface area (Å²) >= 11 is 0. The van der Waals surface area contributed by atoms with Gasteiger partial charge in [-0.15, -0.1) is 0 Å². The van der Waals surface area contributed by atoms with Crippen LogP contribution in [-0.2, 0) is 14.8 Å². The fourth-order valence-corrected chi connectivity index (χ4v) is 3.07. The number of rotatable bonds is 5. The highest BCUT2D eigenvalue weighted by Gasteiger charge is 2.28. The van der Waals surface area contributed by atoms with Gasteiger partial charge in [-0.3, -0.25) is 5.10 Å². The largest absolute Gasteiger partial charge is 0.378 e. The van der Waals surface area contributed by atoms with Crippen LogP contribution in [0.15, 0.2) is 17.3 Å². The van der Waals surface area contributed by atoms with E-state index in [0.717, 1.165) is 19.4 Å². The Hall–Kier alpha value is -0.920. The molecule has 0 saturated carbocycles. The van der Waals surface area contributed by atoms with Crippen LogP contribution in [-0.4, -0.2) is 37.9 Å². The molecule has 0 amide bonds. The van der Waals surface area contributed by atoms with Crippen molar-refractivity contribution >= 4 is 10.0 Å². The number of aromatic nitrogens is 2. The maximum atomic E-state index is 11.8. The van der Waals surface area contributed by atoms with Crippen molar-refractivity contribution in [2.24, 2.45) is 5.92 Å². The Morgan fingerprint density at radius 3 is 3.12 bits per heavy atom. The van der Waals surface area contributed by atoms with Gasteiger partial charge in [-0.05, 0) is 18.9 Å². The Morgan fingerprint density at radius 2 is 2.47 bits per heavy atom. The molecule has 1 aliphatic rings. The van der Waals surface area contributed by atoms with Crippen LogP contribution in [0.25, 0.3) is 0 Å². The second kappa shape index (κ2) is 5.16. The van der Waals surface area contributed by atoms with Crippen LogP contribution in [0.2, 0.25) is 0 Å². The number of nitrogens with zero attached hydrogens (tertiary/aromatic N) is 1. The number of ether oxygens (including phenoxy) is 1. The van der Waals surface area contributed by atoms with E-state index in [9.17, 15) is 8.42 Å². The lowest BCUT2D eigenvalue weighted by atomic mass is 10.0. The first-order valence-electron chi connectivity index (χ1n) is 5.74. The fourth-order valence-electron chi connectivity index (χ4n) is 2.06. The molecular formula is C10H17N3O3S. The molecule has 2 heterocycles. The van der Waals surface area contributed by atoms with Gasteiger partial charge in [-0.2, -0.15) is 5.10 Å². The molecule has 0 radical (unpaired) electrons. The Kier molecular flexibility index (Phi) is 3.80. The van der Waals surface area contributed by atoms with Crippen LogP contribution in [0.5, 0.6) is 0 Å². The summed E-state index contributed by atoms with van der Waals surface area (Å²) in [5, 5.41) is 6.18. The van der Waals surface area contributed by atoms with E-state index in [4.69, 9.17) is 4.74 Å². The standard InChI is InChI=1S/C10H17N3O3S/c1-2-9-8(4-6-16-9)7-12-17(14,15)10-3-5-11-13-10/h3,5,8-9,12H,2,4,6-7H2,1H3,(H,11,13). The van der Waals surface area contributed by atoms with E-state index in [0.29, 0.717) is 6.54 Å². The lowest BCUT2D eigenvalue weighted by Crippen LogP contribution is -2.32. The number of hydrogen-bond donors (Lipinski definition) is 2. The fraction of sp³-hybridized carbons (Fsp3) is 0.700. The first-order valence-corrected chi connectivity index (χ1v) is 7.22. The van der Waals surface area contributed by atoms with Crippen molar-refractivity contribution < 1.29 is 13.2 Å². The molecule has 2 N–H and O–H groups in total. The molecular weight excluding hydrogens is 242 g/mol. The van der Waals surface area contributed by atoms with E-state index in [1.165, 1.54) is 12.3 Å². The number of H-pyrrole nitrogens is 1. The summed E-state index contributed by atoms with van der Waals surface area (Å²) in [5.74, 6) is 0.262.